The summed E-state index contributed by atoms with van der Waals surface area (Å²) in [4.78, 5) is 28.3. The van der Waals surface area contributed by atoms with Gasteiger partial charge in [0.05, 0.1) is 11.7 Å². The summed E-state index contributed by atoms with van der Waals surface area (Å²) in [6.07, 6.45) is 0.223. The summed E-state index contributed by atoms with van der Waals surface area (Å²) in [6, 6.07) is 26.4. The Morgan fingerprint density at radius 3 is 2.46 bits per heavy atom. The average molecular weight is 606 g/mol. The lowest BCUT2D eigenvalue weighted by Gasteiger charge is -2.24. The van der Waals surface area contributed by atoms with E-state index in [1.54, 1.807) is 35.2 Å². The summed E-state index contributed by atoms with van der Waals surface area (Å²) in [6.45, 7) is 0.416. The van der Waals surface area contributed by atoms with Crippen LogP contribution in [-0.4, -0.2) is 23.5 Å². The molecule has 0 aliphatic carbocycles. The number of amides is 2. The number of nitrogens with zero attached hydrogens (tertiary/aromatic N) is 1. The number of carbonyl (C=O) groups excluding carboxylic acids is 2. The number of benzene rings is 4. The van der Waals surface area contributed by atoms with Gasteiger partial charge >= 0.3 is 0 Å². The van der Waals surface area contributed by atoms with E-state index in [0.717, 1.165) is 11.1 Å². The third kappa shape index (κ3) is 5.28. The number of nitrogens with one attached hydrogen (secondary N) is 1. The van der Waals surface area contributed by atoms with Crippen LogP contribution >= 0.6 is 22.6 Å². The highest BCUT2D eigenvalue weighted by Gasteiger charge is 2.27. The van der Waals surface area contributed by atoms with Crippen molar-refractivity contribution in [3.05, 3.63) is 117 Å². The van der Waals surface area contributed by atoms with Gasteiger partial charge in [-0.15, -0.1) is 0 Å². The zero-order valence-electron chi connectivity index (χ0n) is 19.8. The number of hydrogen-bond donors (Lipinski definition) is 2. The van der Waals surface area contributed by atoms with E-state index < -0.39 is 11.9 Å². The molecule has 186 valence electrons. The molecule has 5 nitrogen and oxygen atoms in total. The van der Waals surface area contributed by atoms with Crippen LogP contribution < -0.4 is 10.2 Å². The molecule has 0 spiro atoms. The highest BCUT2D eigenvalue weighted by molar-refractivity contribution is 14.1. The van der Waals surface area contributed by atoms with Crippen molar-refractivity contribution in [3.8, 4) is 11.1 Å². The van der Waals surface area contributed by atoms with Crippen molar-refractivity contribution in [2.24, 2.45) is 0 Å². The zero-order chi connectivity index (χ0) is 25.9. The largest absolute Gasteiger partial charge is 0.388 e. The third-order valence-corrected chi connectivity index (χ3v) is 7.35. The molecule has 0 radical (unpaired) electrons. The minimum atomic E-state index is -0.820. The Labute approximate surface area is 228 Å². The number of fused-ring (bicyclic) bond motifs is 1. The summed E-state index contributed by atoms with van der Waals surface area (Å²) < 4.78 is 14.5. The summed E-state index contributed by atoms with van der Waals surface area (Å²) >= 11 is 2.09. The van der Waals surface area contributed by atoms with Gasteiger partial charge in [0.25, 0.3) is 11.8 Å². The van der Waals surface area contributed by atoms with E-state index >= 15 is 0 Å². The lowest BCUT2D eigenvalue weighted by molar-refractivity contribution is 0.0984. The Morgan fingerprint density at radius 2 is 1.68 bits per heavy atom. The molecule has 37 heavy (non-hydrogen) atoms. The Morgan fingerprint density at radius 1 is 0.919 bits per heavy atom. The topological polar surface area (TPSA) is 69.6 Å². The average Bonchev–Trinajstić information content (AvgIpc) is 3.07. The summed E-state index contributed by atoms with van der Waals surface area (Å²) in [5.74, 6) is -0.930. The second-order valence-electron chi connectivity index (χ2n) is 8.88. The highest BCUT2D eigenvalue weighted by Crippen LogP contribution is 2.35. The predicted molar refractivity (Wildman–Crippen MR) is 151 cm³/mol. The third-order valence-electron chi connectivity index (χ3n) is 6.46. The van der Waals surface area contributed by atoms with Gasteiger partial charge in [0.2, 0.25) is 0 Å². The van der Waals surface area contributed by atoms with Crippen LogP contribution in [0.15, 0.2) is 91.0 Å². The first-order chi connectivity index (χ1) is 17.9. The van der Waals surface area contributed by atoms with Gasteiger partial charge in [0.1, 0.15) is 5.82 Å². The molecule has 0 saturated heterocycles. The van der Waals surface area contributed by atoms with E-state index in [2.05, 4.69) is 27.9 Å². The molecule has 4 aromatic carbocycles. The molecule has 0 aromatic heterocycles. The molecule has 1 heterocycles. The molecule has 0 bridgehead atoms. The summed E-state index contributed by atoms with van der Waals surface area (Å²) in [7, 11) is 0. The van der Waals surface area contributed by atoms with Crippen LogP contribution in [0.2, 0.25) is 0 Å². The van der Waals surface area contributed by atoms with Gasteiger partial charge in [-0.2, -0.15) is 0 Å². The van der Waals surface area contributed by atoms with Crippen molar-refractivity contribution < 1.29 is 19.1 Å². The molecule has 0 saturated carbocycles. The molecule has 2 amide bonds. The van der Waals surface area contributed by atoms with E-state index in [0.29, 0.717) is 51.0 Å². The lowest BCUT2D eigenvalue weighted by Crippen LogP contribution is -2.32. The van der Waals surface area contributed by atoms with E-state index in [1.807, 2.05) is 48.5 Å². The molecule has 1 aliphatic heterocycles. The SMILES string of the molecule is O=C(Nc1ccc(C(=O)N2CCCC(O)c3cc(F)ccc32)c(I)c1)c1ccccc1-c1ccccc1. The number of hydrogen-bond acceptors (Lipinski definition) is 3. The van der Waals surface area contributed by atoms with Crippen LogP contribution in [0.1, 0.15) is 45.2 Å². The molecule has 1 unspecified atom stereocenters. The zero-order valence-corrected chi connectivity index (χ0v) is 22.0. The normalized spacial score (nSPS) is 15.0. The number of anilines is 2. The van der Waals surface area contributed by atoms with Crippen molar-refractivity contribution in [1.82, 2.24) is 0 Å². The van der Waals surface area contributed by atoms with Gasteiger partial charge in [-0.25, -0.2) is 4.39 Å². The number of aliphatic hydroxyl groups is 1. The predicted octanol–water partition coefficient (Wildman–Crippen LogP) is 6.82. The van der Waals surface area contributed by atoms with Crippen molar-refractivity contribution in [3.63, 3.8) is 0 Å². The van der Waals surface area contributed by atoms with Gasteiger partial charge in [0, 0.05) is 32.6 Å². The molecule has 2 N–H and O–H groups in total. The van der Waals surface area contributed by atoms with Gasteiger partial charge in [-0.1, -0.05) is 48.5 Å². The first-order valence-corrected chi connectivity index (χ1v) is 13.0. The molecular formula is C30H24FIN2O3. The van der Waals surface area contributed by atoms with E-state index in [-0.39, 0.29) is 11.8 Å². The molecule has 1 aliphatic rings. The Hall–Kier alpha value is -3.56. The van der Waals surface area contributed by atoms with Gasteiger partial charge < -0.3 is 15.3 Å². The van der Waals surface area contributed by atoms with Crippen LogP contribution in [0.3, 0.4) is 0 Å². The maximum atomic E-state index is 13.9. The minimum Gasteiger partial charge on any atom is -0.388 e. The Kier molecular flexibility index (Phi) is 7.34. The van der Waals surface area contributed by atoms with Gasteiger partial charge in [-0.05, 0) is 89.0 Å². The fourth-order valence-electron chi connectivity index (χ4n) is 4.63. The van der Waals surface area contributed by atoms with E-state index in [4.69, 9.17) is 0 Å². The minimum absolute atomic E-state index is 0.237. The quantitative estimate of drug-likeness (QED) is 0.251. The first kappa shape index (κ1) is 25.1. The summed E-state index contributed by atoms with van der Waals surface area (Å²) in [5, 5.41) is 13.4. The maximum absolute atomic E-state index is 13.9. The van der Waals surface area contributed by atoms with Crippen LogP contribution in [0.4, 0.5) is 15.8 Å². The second kappa shape index (κ2) is 10.8. The monoisotopic (exact) mass is 606 g/mol. The number of carbonyl (C=O) groups is 2. The van der Waals surface area contributed by atoms with Crippen LogP contribution in [0.25, 0.3) is 11.1 Å². The molecule has 5 rings (SSSR count). The molecule has 1 atom stereocenters. The fourth-order valence-corrected chi connectivity index (χ4v) is 5.37. The molecular weight excluding hydrogens is 582 g/mol. The van der Waals surface area contributed by atoms with Crippen molar-refractivity contribution in [2.45, 2.75) is 18.9 Å². The van der Waals surface area contributed by atoms with Crippen molar-refractivity contribution in [1.29, 1.82) is 0 Å². The van der Waals surface area contributed by atoms with Crippen LogP contribution in [-0.2, 0) is 0 Å². The van der Waals surface area contributed by atoms with Crippen molar-refractivity contribution >= 4 is 45.8 Å². The maximum Gasteiger partial charge on any atom is 0.259 e. The fraction of sp³-hybridized carbons (Fsp3) is 0.133. The molecule has 4 aromatic rings. The number of rotatable bonds is 4. The Balaban J connectivity index is 1.39. The van der Waals surface area contributed by atoms with Crippen LogP contribution in [0, 0.1) is 9.39 Å². The molecule has 0 fully saturated rings. The van der Waals surface area contributed by atoms with Gasteiger partial charge in [-0.3, -0.25) is 9.59 Å². The highest BCUT2D eigenvalue weighted by atomic mass is 127. The van der Waals surface area contributed by atoms with E-state index in [9.17, 15) is 19.1 Å². The second-order valence-corrected chi connectivity index (χ2v) is 10.0. The van der Waals surface area contributed by atoms with Crippen LogP contribution in [0.5, 0.6) is 0 Å². The van der Waals surface area contributed by atoms with Crippen molar-refractivity contribution in [2.75, 3.05) is 16.8 Å². The molecule has 7 heteroatoms. The first-order valence-electron chi connectivity index (χ1n) is 12.0. The lowest BCUT2D eigenvalue weighted by atomic mass is 9.99. The standard InChI is InChI=1S/C30H24FIN2O3/c31-20-12-15-27-25(17-20)28(35)11-6-16-34(27)30(37)24-14-13-21(18-26(24)32)33-29(36)23-10-5-4-9-22(23)19-7-2-1-3-8-19/h1-5,7-10,12-15,17-18,28,35H,6,11,16H2,(H,33,36). The van der Waals surface area contributed by atoms with Gasteiger partial charge in [0.15, 0.2) is 0 Å². The number of halogens is 2. The summed E-state index contributed by atoms with van der Waals surface area (Å²) in [5.41, 5.74) is 4.31. The van der Waals surface area contributed by atoms with E-state index in [1.165, 1.54) is 12.1 Å². The smallest absolute Gasteiger partial charge is 0.259 e. The Bertz CT molecular complexity index is 1480. The number of aliphatic hydroxyl groups excluding tert-OH is 1.